The van der Waals surface area contributed by atoms with Gasteiger partial charge in [0.05, 0.1) is 11.9 Å². The molecule has 9 heteroatoms. The van der Waals surface area contributed by atoms with Gasteiger partial charge in [-0.25, -0.2) is 9.97 Å². The first-order valence-corrected chi connectivity index (χ1v) is 12.3. The second-order valence-electron chi connectivity index (χ2n) is 9.54. The summed E-state index contributed by atoms with van der Waals surface area (Å²) in [6, 6.07) is 6.81. The first kappa shape index (κ1) is 22.6. The van der Waals surface area contributed by atoms with E-state index in [9.17, 15) is 4.79 Å². The Morgan fingerprint density at radius 3 is 2.74 bits per heavy atom. The van der Waals surface area contributed by atoms with Gasteiger partial charge in [-0.1, -0.05) is 19.8 Å². The fraction of sp³-hybridized carbons (Fsp3) is 0.520. The highest BCUT2D eigenvalue weighted by Gasteiger charge is 2.26. The van der Waals surface area contributed by atoms with E-state index in [1.54, 1.807) is 25.2 Å². The van der Waals surface area contributed by atoms with Gasteiger partial charge in [0.15, 0.2) is 0 Å². The summed E-state index contributed by atoms with van der Waals surface area (Å²) in [6.07, 6.45) is 9.32. The third kappa shape index (κ3) is 4.44. The van der Waals surface area contributed by atoms with Crippen molar-refractivity contribution in [2.75, 3.05) is 43.9 Å². The van der Waals surface area contributed by atoms with Gasteiger partial charge in [-0.05, 0) is 37.5 Å². The normalized spacial score (nSPS) is 19.0. The molecule has 3 aromatic heterocycles. The SMILES string of the molecule is CCC1CN(c2ccc(Nc3ncc4cc(C(=O)N(C)C)n(C5CCCC5)c4n3)nc2)CCN1. The van der Waals surface area contributed by atoms with Crippen LogP contribution in [0.25, 0.3) is 11.0 Å². The number of hydrogen-bond donors (Lipinski definition) is 2. The van der Waals surface area contributed by atoms with Crippen molar-refractivity contribution in [2.24, 2.45) is 0 Å². The number of carbonyl (C=O) groups is 1. The van der Waals surface area contributed by atoms with Crippen LogP contribution in [-0.2, 0) is 0 Å². The third-order valence-corrected chi connectivity index (χ3v) is 6.99. The lowest BCUT2D eigenvalue weighted by atomic mass is 10.1. The van der Waals surface area contributed by atoms with Crippen LogP contribution in [0.5, 0.6) is 0 Å². The number of aromatic nitrogens is 4. The summed E-state index contributed by atoms with van der Waals surface area (Å²) in [6.45, 7) is 5.19. The van der Waals surface area contributed by atoms with Crippen LogP contribution in [0.3, 0.4) is 0 Å². The molecule has 2 N–H and O–H groups in total. The van der Waals surface area contributed by atoms with Gasteiger partial charge in [0.25, 0.3) is 5.91 Å². The first-order valence-electron chi connectivity index (χ1n) is 12.3. The second-order valence-corrected chi connectivity index (χ2v) is 9.54. The number of rotatable bonds is 6. The van der Waals surface area contributed by atoms with Crippen LogP contribution < -0.4 is 15.5 Å². The molecule has 34 heavy (non-hydrogen) atoms. The smallest absolute Gasteiger partial charge is 0.270 e. The third-order valence-electron chi connectivity index (χ3n) is 6.99. The van der Waals surface area contributed by atoms with E-state index in [0.717, 1.165) is 55.6 Å². The molecule has 1 atom stereocenters. The largest absolute Gasteiger partial charge is 0.367 e. The first-order chi connectivity index (χ1) is 16.5. The van der Waals surface area contributed by atoms with Crippen LogP contribution in [0, 0.1) is 0 Å². The van der Waals surface area contributed by atoms with Gasteiger partial charge in [-0.15, -0.1) is 0 Å². The Labute approximate surface area is 200 Å². The zero-order valence-electron chi connectivity index (χ0n) is 20.3. The molecule has 0 bridgehead atoms. The number of nitrogens with zero attached hydrogens (tertiary/aromatic N) is 6. The summed E-state index contributed by atoms with van der Waals surface area (Å²) in [4.78, 5) is 30.8. The van der Waals surface area contributed by atoms with Gasteiger partial charge in [-0.2, -0.15) is 4.98 Å². The van der Waals surface area contributed by atoms with Gasteiger partial charge in [0, 0.05) is 57.4 Å². The fourth-order valence-corrected chi connectivity index (χ4v) is 5.09. The number of hydrogen-bond acceptors (Lipinski definition) is 7. The average molecular weight is 463 g/mol. The molecular weight excluding hydrogens is 428 g/mol. The molecule has 1 saturated heterocycles. The van der Waals surface area contributed by atoms with Crippen LogP contribution in [-0.4, -0.2) is 70.1 Å². The number of carbonyl (C=O) groups excluding carboxylic acids is 1. The van der Waals surface area contributed by atoms with E-state index < -0.39 is 0 Å². The highest BCUT2D eigenvalue weighted by molar-refractivity contribution is 5.97. The van der Waals surface area contributed by atoms with Crippen molar-refractivity contribution >= 4 is 34.4 Å². The topological polar surface area (TPSA) is 91.2 Å². The quantitative estimate of drug-likeness (QED) is 0.579. The molecule has 1 amide bonds. The Bertz CT molecular complexity index is 1150. The van der Waals surface area contributed by atoms with Crippen molar-refractivity contribution < 1.29 is 4.79 Å². The molecule has 4 heterocycles. The molecule has 2 fully saturated rings. The lowest BCUT2D eigenvalue weighted by Crippen LogP contribution is -2.50. The number of pyridine rings is 1. The second kappa shape index (κ2) is 9.58. The molecule has 1 saturated carbocycles. The van der Waals surface area contributed by atoms with Crippen LogP contribution in [0.4, 0.5) is 17.5 Å². The van der Waals surface area contributed by atoms with Gasteiger partial charge >= 0.3 is 0 Å². The Kier molecular flexibility index (Phi) is 6.36. The molecule has 2 aliphatic rings. The molecule has 5 rings (SSSR count). The average Bonchev–Trinajstić information content (AvgIpc) is 3.51. The Morgan fingerprint density at radius 1 is 1.21 bits per heavy atom. The Balaban J connectivity index is 1.40. The minimum absolute atomic E-state index is 0.00473. The molecule has 1 aliphatic carbocycles. The molecule has 0 radical (unpaired) electrons. The maximum Gasteiger partial charge on any atom is 0.270 e. The molecule has 1 aliphatic heterocycles. The van der Waals surface area contributed by atoms with Gasteiger partial charge in [0.2, 0.25) is 5.95 Å². The number of piperazine rings is 1. The van der Waals surface area contributed by atoms with Crippen molar-refractivity contribution in [2.45, 2.75) is 51.1 Å². The van der Waals surface area contributed by atoms with E-state index in [2.05, 4.69) is 43.1 Å². The van der Waals surface area contributed by atoms with Crippen molar-refractivity contribution in [1.82, 2.24) is 29.7 Å². The lowest BCUT2D eigenvalue weighted by molar-refractivity contribution is 0.0815. The number of fused-ring (bicyclic) bond motifs is 1. The fourth-order valence-electron chi connectivity index (χ4n) is 5.09. The zero-order valence-corrected chi connectivity index (χ0v) is 20.3. The van der Waals surface area contributed by atoms with Crippen LogP contribution >= 0.6 is 0 Å². The van der Waals surface area contributed by atoms with Gasteiger partial charge in [0.1, 0.15) is 17.2 Å². The summed E-state index contributed by atoms with van der Waals surface area (Å²) >= 11 is 0. The highest BCUT2D eigenvalue weighted by Crippen LogP contribution is 2.35. The van der Waals surface area contributed by atoms with Gasteiger partial charge < -0.3 is 25.0 Å². The highest BCUT2D eigenvalue weighted by atomic mass is 16.2. The standard InChI is InChI=1S/C25H34N8O/c1-4-18-16-32(12-11-26-18)20-9-10-22(27-15-20)29-25-28-14-17-13-21(24(34)31(2)3)33(23(17)30-25)19-7-5-6-8-19/h9-10,13-15,18-19,26H,4-8,11-12,16H2,1-3H3,(H,27,28,29,30). The molecule has 9 nitrogen and oxygen atoms in total. The van der Waals surface area contributed by atoms with E-state index in [0.29, 0.717) is 29.5 Å². The summed E-state index contributed by atoms with van der Waals surface area (Å²) in [7, 11) is 3.57. The number of amides is 1. The van der Waals surface area contributed by atoms with Crippen LogP contribution in [0.15, 0.2) is 30.6 Å². The van der Waals surface area contributed by atoms with E-state index >= 15 is 0 Å². The zero-order chi connectivity index (χ0) is 23.7. The maximum atomic E-state index is 12.9. The molecule has 0 aromatic carbocycles. The van der Waals surface area contributed by atoms with E-state index in [-0.39, 0.29) is 5.91 Å². The van der Waals surface area contributed by atoms with Crippen molar-refractivity contribution in [3.63, 3.8) is 0 Å². The summed E-state index contributed by atoms with van der Waals surface area (Å²) in [5.41, 5.74) is 2.61. The Morgan fingerprint density at radius 2 is 2.03 bits per heavy atom. The predicted molar refractivity (Wildman–Crippen MR) is 135 cm³/mol. The molecule has 3 aromatic rings. The maximum absolute atomic E-state index is 12.9. The summed E-state index contributed by atoms with van der Waals surface area (Å²) in [5, 5.41) is 7.69. The van der Waals surface area contributed by atoms with Gasteiger partial charge in [-0.3, -0.25) is 4.79 Å². The van der Waals surface area contributed by atoms with E-state index in [4.69, 9.17) is 4.98 Å². The summed E-state index contributed by atoms with van der Waals surface area (Å²) in [5.74, 6) is 1.19. The lowest BCUT2D eigenvalue weighted by Gasteiger charge is -2.34. The predicted octanol–water partition coefficient (Wildman–Crippen LogP) is 3.58. The minimum atomic E-state index is -0.00473. The van der Waals surface area contributed by atoms with Crippen LogP contribution in [0.2, 0.25) is 0 Å². The van der Waals surface area contributed by atoms with E-state index in [1.807, 2.05) is 18.3 Å². The summed E-state index contributed by atoms with van der Waals surface area (Å²) < 4.78 is 2.13. The van der Waals surface area contributed by atoms with E-state index in [1.165, 1.54) is 12.8 Å². The van der Waals surface area contributed by atoms with Crippen LogP contribution in [0.1, 0.15) is 55.6 Å². The minimum Gasteiger partial charge on any atom is -0.367 e. The Hall–Kier alpha value is -3.20. The molecular formula is C25H34N8O. The monoisotopic (exact) mass is 462 g/mol. The van der Waals surface area contributed by atoms with Crippen molar-refractivity contribution in [3.05, 3.63) is 36.3 Å². The molecule has 1 unspecified atom stereocenters. The van der Waals surface area contributed by atoms with Crippen molar-refractivity contribution in [3.8, 4) is 0 Å². The molecule has 0 spiro atoms. The number of anilines is 3. The number of nitrogens with one attached hydrogen (secondary N) is 2. The molecule has 180 valence electrons. The van der Waals surface area contributed by atoms with Crippen molar-refractivity contribution in [1.29, 1.82) is 0 Å².